The molecule has 9 nitrogen and oxygen atoms in total. The summed E-state index contributed by atoms with van der Waals surface area (Å²) in [5.41, 5.74) is 2.75. The van der Waals surface area contributed by atoms with Crippen LogP contribution in [0.15, 0.2) is 94.7 Å². The van der Waals surface area contributed by atoms with E-state index in [-0.39, 0.29) is 22.9 Å². The van der Waals surface area contributed by atoms with Gasteiger partial charge in [0, 0.05) is 41.0 Å². The summed E-state index contributed by atoms with van der Waals surface area (Å²) >= 11 is 1.49. The Morgan fingerprint density at radius 2 is 1.71 bits per heavy atom. The van der Waals surface area contributed by atoms with Crippen molar-refractivity contribution in [2.45, 2.75) is 45.4 Å². The first-order chi connectivity index (χ1) is 19.6. The Balaban J connectivity index is 1.73. The third-order valence-electron chi connectivity index (χ3n) is 7.27. The fourth-order valence-corrected chi connectivity index (χ4v) is 5.92. The number of esters is 2. The van der Waals surface area contributed by atoms with Crippen LogP contribution in [0.1, 0.15) is 48.8 Å². The molecule has 3 unspecified atom stereocenters. The quantitative estimate of drug-likeness (QED) is 0.182. The van der Waals surface area contributed by atoms with E-state index in [1.54, 1.807) is 19.9 Å². The van der Waals surface area contributed by atoms with Gasteiger partial charge in [-0.2, -0.15) is 0 Å². The summed E-state index contributed by atoms with van der Waals surface area (Å²) in [5, 5.41) is 16.6. The summed E-state index contributed by atoms with van der Waals surface area (Å²) in [6, 6.07) is 19.6. The second-order valence-corrected chi connectivity index (χ2v) is 10.9. The Kier molecular flexibility index (Phi) is 9.36. The van der Waals surface area contributed by atoms with Crippen LogP contribution < -0.4 is 5.32 Å². The maximum atomic E-state index is 14.1. The number of benzene rings is 2. The highest BCUT2D eigenvalue weighted by Crippen LogP contribution is 2.41. The van der Waals surface area contributed by atoms with Gasteiger partial charge in [0.25, 0.3) is 5.69 Å². The number of hydrogen-bond donors (Lipinski definition) is 1. The highest BCUT2D eigenvalue weighted by atomic mass is 32.1. The largest absolute Gasteiger partial charge is 0.466 e. The molecule has 0 aliphatic carbocycles. The van der Waals surface area contributed by atoms with Gasteiger partial charge in [0.1, 0.15) is 0 Å². The van der Waals surface area contributed by atoms with Crippen LogP contribution in [-0.4, -0.2) is 42.0 Å². The number of rotatable bonds is 10. The summed E-state index contributed by atoms with van der Waals surface area (Å²) in [7, 11) is 3.24. The lowest BCUT2D eigenvalue weighted by Crippen LogP contribution is -2.37. The molecular weight excluding hydrogens is 542 g/mol. The zero-order valence-electron chi connectivity index (χ0n) is 23.6. The number of nitrogens with zero attached hydrogens (tertiary/aromatic N) is 2. The summed E-state index contributed by atoms with van der Waals surface area (Å²) < 4.78 is 11.3. The van der Waals surface area contributed by atoms with Crippen LogP contribution in [-0.2, 0) is 25.6 Å². The maximum Gasteiger partial charge on any atom is 0.337 e. The van der Waals surface area contributed by atoms with Crippen LogP contribution in [0.2, 0.25) is 0 Å². The molecular formula is C31H33N3O6S. The number of nitro groups is 1. The monoisotopic (exact) mass is 575 g/mol. The van der Waals surface area contributed by atoms with Crippen molar-refractivity contribution in [3.63, 3.8) is 0 Å². The van der Waals surface area contributed by atoms with E-state index in [9.17, 15) is 19.7 Å². The highest BCUT2D eigenvalue weighted by Gasteiger charge is 2.40. The number of nitrogens with one attached hydrogen (secondary N) is 1. The van der Waals surface area contributed by atoms with Gasteiger partial charge >= 0.3 is 11.9 Å². The number of non-ortho nitro benzene ring substituents is 1. The SMILES string of the molecule is COC(=O)C1=C(C)NC(C)=C(C(=O)OC(c2cccs2)C(C)N(C)Cc2ccccc2)C1c1cccc([N+](=O)[O-])c1. The first-order valence-corrected chi connectivity index (χ1v) is 14.0. The van der Waals surface area contributed by atoms with Crippen LogP contribution in [0.4, 0.5) is 5.69 Å². The molecule has 0 fully saturated rings. The van der Waals surface area contributed by atoms with E-state index < -0.39 is 28.9 Å². The molecule has 1 aromatic heterocycles. The van der Waals surface area contributed by atoms with Crippen molar-refractivity contribution in [2.24, 2.45) is 0 Å². The first-order valence-electron chi connectivity index (χ1n) is 13.1. The Labute approximate surface area is 243 Å². The van der Waals surface area contributed by atoms with E-state index in [0.29, 0.717) is 23.5 Å². The lowest BCUT2D eigenvalue weighted by Gasteiger charge is -2.34. The van der Waals surface area contributed by atoms with Crippen LogP contribution >= 0.6 is 11.3 Å². The van der Waals surface area contributed by atoms with Gasteiger partial charge in [0.05, 0.1) is 29.1 Å². The number of dihydropyridines is 1. The molecule has 2 heterocycles. The summed E-state index contributed by atoms with van der Waals surface area (Å²) in [6.07, 6.45) is -0.615. The van der Waals surface area contributed by atoms with Crippen molar-refractivity contribution in [1.82, 2.24) is 10.2 Å². The van der Waals surface area contributed by atoms with Crippen LogP contribution in [0.25, 0.3) is 0 Å². The molecule has 0 saturated heterocycles. The number of methoxy groups -OCH3 is 1. The first kappa shape index (κ1) is 29.7. The third kappa shape index (κ3) is 6.55. The minimum atomic E-state index is -0.933. The lowest BCUT2D eigenvalue weighted by molar-refractivity contribution is -0.384. The van der Waals surface area contributed by atoms with Crippen LogP contribution in [0, 0.1) is 10.1 Å². The number of hydrogen-bond acceptors (Lipinski definition) is 9. The zero-order valence-corrected chi connectivity index (χ0v) is 24.4. The summed E-state index contributed by atoms with van der Waals surface area (Å²) in [4.78, 5) is 41.2. The van der Waals surface area contributed by atoms with E-state index in [0.717, 1.165) is 10.4 Å². The zero-order chi connectivity index (χ0) is 29.7. The molecule has 3 aromatic rings. The number of likely N-dealkylation sites (N-methyl/N-ethyl adjacent to an activating group) is 1. The average molecular weight is 576 g/mol. The highest BCUT2D eigenvalue weighted by molar-refractivity contribution is 7.10. The van der Waals surface area contributed by atoms with Crippen LogP contribution in [0.5, 0.6) is 0 Å². The van der Waals surface area contributed by atoms with Gasteiger partial charge in [-0.05, 0) is 50.4 Å². The van der Waals surface area contributed by atoms with Gasteiger partial charge in [-0.1, -0.05) is 48.5 Å². The number of thiophene rings is 1. The van der Waals surface area contributed by atoms with E-state index in [2.05, 4.69) is 10.2 Å². The van der Waals surface area contributed by atoms with Gasteiger partial charge in [0.2, 0.25) is 0 Å². The molecule has 10 heteroatoms. The molecule has 1 aliphatic rings. The van der Waals surface area contributed by atoms with Gasteiger partial charge in [-0.25, -0.2) is 9.59 Å². The number of ether oxygens (including phenoxy) is 2. The fourth-order valence-electron chi connectivity index (χ4n) is 5.07. The Morgan fingerprint density at radius 1 is 1.02 bits per heavy atom. The number of nitro benzene ring substituents is 1. The van der Waals surface area contributed by atoms with Crippen molar-refractivity contribution in [1.29, 1.82) is 0 Å². The third-order valence-corrected chi connectivity index (χ3v) is 8.20. The van der Waals surface area contributed by atoms with E-state index >= 15 is 0 Å². The Bertz CT molecular complexity index is 1480. The number of allylic oxidation sites excluding steroid dienone is 2. The fraction of sp³-hybridized carbons (Fsp3) is 0.290. The minimum absolute atomic E-state index is 0.152. The van der Waals surface area contributed by atoms with Crippen molar-refractivity contribution < 1.29 is 24.0 Å². The van der Waals surface area contributed by atoms with Crippen molar-refractivity contribution >= 4 is 29.0 Å². The van der Waals surface area contributed by atoms with E-state index in [4.69, 9.17) is 9.47 Å². The van der Waals surface area contributed by atoms with Crippen molar-refractivity contribution in [2.75, 3.05) is 14.2 Å². The molecule has 0 saturated carbocycles. The second-order valence-electron chi connectivity index (χ2n) is 9.96. The van der Waals surface area contributed by atoms with E-state index in [1.165, 1.54) is 36.6 Å². The van der Waals surface area contributed by atoms with Gasteiger partial charge in [-0.3, -0.25) is 15.0 Å². The molecule has 3 atom stereocenters. The average Bonchev–Trinajstić information content (AvgIpc) is 3.50. The topological polar surface area (TPSA) is 111 Å². The molecule has 0 spiro atoms. The van der Waals surface area contributed by atoms with Gasteiger partial charge in [0.15, 0.2) is 6.10 Å². The molecule has 0 amide bonds. The second kappa shape index (κ2) is 12.9. The minimum Gasteiger partial charge on any atom is -0.466 e. The normalized spacial score (nSPS) is 16.7. The number of carbonyl (C=O) groups excluding carboxylic acids is 2. The van der Waals surface area contributed by atoms with Crippen LogP contribution in [0.3, 0.4) is 0 Å². The van der Waals surface area contributed by atoms with Gasteiger partial charge in [-0.15, -0.1) is 11.3 Å². The standard InChI is InChI=1S/C31H33N3O6S/c1-19-26(30(35)39-5)28(23-13-9-14-24(17-23)34(37)38)27(20(2)32-19)31(36)40-29(25-15-10-16-41-25)21(3)33(4)18-22-11-7-6-8-12-22/h6-17,21,28-29,32H,18H2,1-5H3. The lowest BCUT2D eigenvalue weighted by atomic mass is 9.80. The number of carbonyl (C=O) groups is 2. The maximum absolute atomic E-state index is 14.1. The molecule has 2 aromatic carbocycles. The van der Waals surface area contributed by atoms with Crippen molar-refractivity contribution in [3.8, 4) is 0 Å². The predicted octanol–water partition coefficient (Wildman–Crippen LogP) is 5.87. The molecule has 1 aliphatic heterocycles. The molecule has 4 rings (SSSR count). The summed E-state index contributed by atoms with van der Waals surface area (Å²) in [5.74, 6) is -2.20. The smallest absolute Gasteiger partial charge is 0.337 e. The molecule has 41 heavy (non-hydrogen) atoms. The molecule has 214 valence electrons. The van der Waals surface area contributed by atoms with E-state index in [1.807, 2.05) is 61.8 Å². The predicted molar refractivity (Wildman–Crippen MR) is 157 cm³/mol. The Hall–Kier alpha value is -4.28. The van der Waals surface area contributed by atoms with Crippen molar-refractivity contribution in [3.05, 3.63) is 121 Å². The molecule has 0 bridgehead atoms. The molecule has 1 N–H and O–H groups in total. The molecule has 0 radical (unpaired) electrons. The van der Waals surface area contributed by atoms with Gasteiger partial charge < -0.3 is 14.8 Å². The summed E-state index contributed by atoms with van der Waals surface area (Å²) in [6.45, 7) is 6.08. The Morgan fingerprint density at radius 3 is 2.32 bits per heavy atom.